The summed E-state index contributed by atoms with van der Waals surface area (Å²) in [6, 6.07) is 3.61. The Bertz CT molecular complexity index is 329. The molecule has 0 heterocycles. The highest BCUT2D eigenvalue weighted by Gasteiger charge is 2.62. The van der Waals surface area contributed by atoms with Crippen molar-refractivity contribution in [2.45, 2.75) is 4.90 Å². The highest BCUT2D eigenvalue weighted by Crippen LogP contribution is 3.04. The molecule has 0 aliphatic rings. The van der Waals surface area contributed by atoms with Crippen molar-refractivity contribution >= 4 is 33.0 Å². The molecule has 1 aromatic rings. The number of benzene rings is 1. The molecular weight excluding hydrogens is 226 g/mol. The zero-order valence-electron chi connectivity index (χ0n) is 6.61. The van der Waals surface area contributed by atoms with Crippen molar-refractivity contribution in [3.05, 3.63) is 24.3 Å². The Morgan fingerprint density at radius 3 is 1.69 bits per heavy atom. The van der Waals surface area contributed by atoms with Crippen LogP contribution in [0.15, 0.2) is 29.2 Å². The zero-order valence-corrected chi connectivity index (χ0v) is 8.18. The van der Waals surface area contributed by atoms with Gasteiger partial charge in [-0.1, -0.05) is 17.6 Å². The Morgan fingerprint density at radius 1 is 1.00 bits per heavy atom. The molecule has 1 aromatic carbocycles. The first-order valence-corrected chi connectivity index (χ1v) is 6.17. The minimum Gasteiger partial charge on any atom is -0.107 e. The van der Waals surface area contributed by atoms with E-state index in [4.69, 9.17) is 0 Å². The van der Waals surface area contributed by atoms with E-state index in [1.54, 1.807) is 7.85 Å². The summed E-state index contributed by atoms with van der Waals surface area (Å²) in [4.78, 5) is -1.41. The number of hydrogen-bond acceptors (Lipinski definition) is 0. The molecule has 0 bridgehead atoms. The second kappa shape index (κ2) is 2.17. The van der Waals surface area contributed by atoms with Crippen LogP contribution < -0.4 is 5.46 Å². The van der Waals surface area contributed by atoms with Crippen molar-refractivity contribution in [2.75, 3.05) is 0 Å². The van der Waals surface area contributed by atoms with Gasteiger partial charge in [0.05, 0.1) is 4.90 Å². The second-order valence-electron chi connectivity index (χ2n) is 2.78. The molecule has 1 rings (SSSR count). The topological polar surface area (TPSA) is 0 Å². The molecule has 7 heteroatoms. The fourth-order valence-electron chi connectivity index (χ4n) is 0.795. The molecule has 0 saturated heterocycles. The van der Waals surface area contributed by atoms with Gasteiger partial charge >= 0.3 is 0 Å². The van der Waals surface area contributed by atoms with Crippen LogP contribution in [-0.2, 0) is 0 Å². The third-order valence-electron chi connectivity index (χ3n) is 1.47. The quantitative estimate of drug-likeness (QED) is 0.516. The molecule has 0 aliphatic heterocycles. The molecule has 0 aromatic heterocycles. The van der Waals surface area contributed by atoms with Gasteiger partial charge < -0.3 is 0 Å². The predicted molar refractivity (Wildman–Crippen MR) is 50.8 cm³/mol. The van der Waals surface area contributed by atoms with Gasteiger partial charge in [0.2, 0.25) is 0 Å². The smallest absolute Gasteiger partial charge is 0.107 e. The molecule has 0 unspecified atom stereocenters. The Labute approximate surface area is 78.2 Å². The van der Waals surface area contributed by atoms with Crippen molar-refractivity contribution in [3.8, 4) is 0 Å². The van der Waals surface area contributed by atoms with E-state index in [1.807, 2.05) is 0 Å². The molecule has 0 aliphatic carbocycles. The summed E-state index contributed by atoms with van der Waals surface area (Å²) in [6.45, 7) is 0. The third-order valence-corrected chi connectivity index (χ3v) is 3.16. The Morgan fingerprint density at radius 2 is 1.38 bits per heavy atom. The van der Waals surface area contributed by atoms with Gasteiger partial charge in [0, 0.05) is 10.7 Å². The fourth-order valence-corrected chi connectivity index (χ4v) is 1.75. The molecule has 13 heavy (non-hydrogen) atoms. The molecule has 0 fully saturated rings. The van der Waals surface area contributed by atoms with E-state index < -0.39 is 13.9 Å². The van der Waals surface area contributed by atoms with Crippen LogP contribution in [0.25, 0.3) is 0 Å². The SMILES string of the molecule is Bc1ccc(S(F)(F)(F)(F)Cl)cc1. The maximum absolute atomic E-state index is 12.5. The predicted octanol–water partition coefficient (Wildman–Crippen LogP) is 2.87. The summed E-state index contributed by atoms with van der Waals surface area (Å²) in [5.74, 6) is 0. The van der Waals surface area contributed by atoms with Gasteiger partial charge in [-0.3, -0.25) is 0 Å². The van der Waals surface area contributed by atoms with Gasteiger partial charge in [-0.05, 0) is 12.1 Å². The molecule has 0 saturated carbocycles. The molecular formula is C6H6BClF4S. The summed E-state index contributed by atoms with van der Waals surface area (Å²) in [5.41, 5.74) is 0.613. The average molecular weight is 232 g/mol. The summed E-state index contributed by atoms with van der Waals surface area (Å²) in [6.07, 6.45) is 0. The average Bonchev–Trinajstić information content (AvgIpc) is 1.82. The van der Waals surface area contributed by atoms with Crippen LogP contribution in [0.5, 0.6) is 0 Å². The second-order valence-corrected chi connectivity index (χ2v) is 7.05. The first kappa shape index (κ1) is 10.7. The summed E-state index contributed by atoms with van der Waals surface area (Å²) < 4.78 is 50.0. The summed E-state index contributed by atoms with van der Waals surface area (Å²) in [5, 5.41) is 0. The van der Waals surface area contributed by atoms with Crippen LogP contribution >= 0.6 is 19.7 Å². The lowest BCUT2D eigenvalue weighted by Gasteiger charge is -2.42. The third kappa shape index (κ3) is 2.81. The molecule has 0 nitrogen and oxygen atoms in total. The molecule has 0 atom stereocenters. The Balaban J connectivity index is 3.34. The van der Waals surface area contributed by atoms with Crippen molar-refractivity contribution in [3.63, 3.8) is 0 Å². The van der Waals surface area contributed by atoms with Crippen molar-refractivity contribution in [2.24, 2.45) is 0 Å². The first-order valence-electron chi connectivity index (χ1n) is 3.30. The van der Waals surface area contributed by atoms with Gasteiger partial charge in [-0.25, -0.2) is 0 Å². The van der Waals surface area contributed by atoms with Gasteiger partial charge in [0.25, 0.3) is 9.05 Å². The van der Waals surface area contributed by atoms with Crippen molar-refractivity contribution < 1.29 is 15.5 Å². The van der Waals surface area contributed by atoms with Crippen LogP contribution in [-0.4, -0.2) is 7.85 Å². The van der Waals surface area contributed by atoms with Crippen molar-refractivity contribution in [1.82, 2.24) is 0 Å². The van der Waals surface area contributed by atoms with E-state index in [1.165, 1.54) is 0 Å². The van der Waals surface area contributed by atoms with Gasteiger partial charge in [0.15, 0.2) is 0 Å². The van der Waals surface area contributed by atoms with E-state index in [9.17, 15) is 15.5 Å². The maximum atomic E-state index is 12.5. The molecule has 0 spiro atoms. The van der Waals surface area contributed by atoms with E-state index in [0.29, 0.717) is 17.6 Å². The summed E-state index contributed by atoms with van der Waals surface area (Å²) >= 11 is 0. The molecule has 74 valence electrons. The molecule has 0 N–H and O–H groups in total. The van der Waals surface area contributed by atoms with Crippen LogP contribution in [0, 0.1) is 0 Å². The fraction of sp³-hybridized carbons (Fsp3) is 0. The Hall–Kier alpha value is -0.355. The van der Waals surface area contributed by atoms with Crippen LogP contribution in [0.1, 0.15) is 0 Å². The number of hydrogen-bond donors (Lipinski definition) is 0. The minimum absolute atomic E-state index is 0.613. The largest absolute Gasteiger partial charge is 0.253 e. The van der Waals surface area contributed by atoms with Crippen LogP contribution in [0.2, 0.25) is 0 Å². The highest BCUT2D eigenvalue weighted by molar-refractivity contribution is 8.65. The summed E-state index contributed by atoms with van der Waals surface area (Å²) in [7, 11) is -2.80. The first-order chi connectivity index (χ1) is 5.49. The minimum atomic E-state index is -8.48. The lowest BCUT2D eigenvalue weighted by Crippen LogP contribution is -2.07. The molecule has 0 amide bonds. The highest BCUT2D eigenvalue weighted by atomic mass is 35.7. The normalized spacial score (nSPS) is 17.6. The lowest BCUT2D eigenvalue weighted by molar-refractivity contribution is 0.480. The van der Waals surface area contributed by atoms with Gasteiger partial charge in [0.1, 0.15) is 7.85 Å². The lowest BCUT2D eigenvalue weighted by atomic mass is 9.97. The van der Waals surface area contributed by atoms with E-state index in [0.717, 1.165) is 12.1 Å². The standard InChI is InChI=1S/C6H6BClF4S/c7-5-1-3-6(4-2-5)13(8,9,10,11)12/h1-4H,7H2. The van der Waals surface area contributed by atoms with Crippen molar-refractivity contribution in [1.29, 1.82) is 0 Å². The van der Waals surface area contributed by atoms with Crippen LogP contribution in [0.4, 0.5) is 15.5 Å². The Kier molecular flexibility index (Phi) is 1.79. The van der Waals surface area contributed by atoms with E-state index in [-0.39, 0.29) is 0 Å². The van der Waals surface area contributed by atoms with E-state index >= 15 is 0 Å². The van der Waals surface area contributed by atoms with Gasteiger partial charge in [-0.15, -0.1) is 15.5 Å². The maximum Gasteiger partial charge on any atom is 0.253 e. The van der Waals surface area contributed by atoms with E-state index in [2.05, 4.69) is 10.7 Å². The molecule has 0 radical (unpaired) electrons. The number of rotatable bonds is 1. The zero-order chi connectivity index (χ0) is 10.4. The monoisotopic (exact) mass is 232 g/mol. The number of halogens is 5. The van der Waals surface area contributed by atoms with Gasteiger partial charge in [-0.2, -0.15) is 0 Å². The van der Waals surface area contributed by atoms with Crippen LogP contribution in [0.3, 0.4) is 0 Å².